The quantitative estimate of drug-likeness (QED) is 0.0299. The van der Waals surface area contributed by atoms with Gasteiger partial charge < -0.3 is 31.7 Å². The van der Waals surface area contributed by atoms with Gasteiger partial charge in [-0.25, -0.2) is 0 Å². The van der Waals surface area contributed by atoms with Gasteiger partial charge in [-0.15, -0.1) is 0 Å². The molecule has 0 heterocycles. The van der Waals surface area contributed by atoms with Crippen LogP contribution in [0.25, 0.3) is 11.1 Å². The predicted molar refractivity (Wildman–Crippen MR) is 287 cm³/mol. The Morgan fingerprint density at radius 3 is 1.47 bits per heavy atom. The van der Waals surface area contributed by atoms with Crippen molar-refractivity contribution in [2.75, 3.05) is 11.9 Å². The van der Waals surface area contributed by atoms with E-state index in [1.165, 1.54) is 6.92 Å². The van der Waals surface area contributed by atoms with Crippen LogP contribution in [0.3, 0.4) is 0 Å². The number of carbonyl (C=O) groups is 7. The van der Waals surface area contributed by atoms with E-state index >= 15 is 0 Å². The number of aryl methyl sites for hydroxylation is 2. The Morgan fingerprint density at radius 1 is 0.500 bits per heavy atom. The molecular formula is C60H66N6O8. The fraction of sp³-hybridized carbons (Fsp3) is 0.283. The van der Waals surface area contributed by atoms with E-state index < -0.39 is 71.0 Å². The third-order valence-corrected chi connectivity index (χ3v) is 12.7. The summed E-state index contributed by atoms with van der Waals surface area (Å²) < 4.78 is 0. The topological polar surface area (TPSA) is 212 Å². The van der Waals surface area contributed by atoms with Gasteiger partial charge in [-0.1, -0.05) is 177 Å². The molecule has 384 valence electrons. The number of carboxylic acids is 1. The zero-order chi connectivity index (χ0) is 53.0. The summed E-state index contributed by atoms with van der Waals surface area (Å²) in [4.78, 5) is 96.7. The summed E-state index contributed by atoms with van der Waals surface area (Å²) in [5.74, 6) is -4.58. The molecule has 0 radical (unpaired) electrons. The highest BCUT2D eigenvalue weighted by Gasteiger charge is 2.36. The molecule has 5 amide bonds. The molecular weight excluding hydrogens is 933 g/mol. The van der Waals surface area contributed by atoms with Gasteiger partial charge in [0.25, 0.3) is 0 Å². The molecule has 0 aliphatic carbocycles. The number of anilines is 1. The van der Waals surface area contributed by atoms with Crippen molar-refractivity contribution in [1.29, 1.82) is 0 Å². The molecule has 6 rings (SSSR count). The molecule has 5 unspecified atom stereocenters. The summed E-state index contributed by atoms with van der Waals surface area (Å²) in [5.41, 5.74) is 5.35. The molecule has 14 nitrogen and oxygen atoms in total. The van der Waals surface area contributed by atoms with Crippen molar-refractivity contribution in [2.24, 2.45) is 5.41 Å². The molecule has 6 aromatic carbocycles. The average molecular weight is 999 g/mol. The van der Waals surface area contributed by atoms with Gasteiger partial charge in [-0.05, 0) is 78.6 Å². The molecule has 6 aromatic rings. The summed E-state index contributed by atoms with van der Waals surface area (Å²) >= 11 is 0. The van der Waals surface area contributed by atoms with Gasteiger partial charge in [-0.2, -0.15) is 0 Å². The highest BCUT2D eigenvalue weighted by molar-refractivity contribution is 5.98. The Hall–Kier alpha value is -8.23. The van der Waals surface area contributed by atoms with Gasteiger partial charge in [0.2, 0.25) is 29.5 Å². The maximum Gasteiger partial charge on any atom is 0.321 e. The van der Waals surface area contributed by atoms with Gasteiger partial charge in [0.05, 0.1) is 18.0 Å². The first-order valence-electron chi connectivity index (χ1n) is 24.9. The second-order valence-electron chi connectivity index (χ2n) is 19.3. The Kier molecular flexibility index (Phi) is 20.1. The number of benzene rings is 6. The van der Waals surface area contributed by atoms with Crippen molar-refractivity contribution < 1.29 is 38.7 Å². The minimum atomic E-state index is -1.28. The van der Waals surface area contributed by atoms with Gasteiger partial charge >= 0.3 is 5.97 Å². The van der Waals surface area contributed by atoms with Crippen LogP contribution in [-0.2, 0) is 59.2 Å². The number of Topliss-reactive ketones (excluding diaryl/α,β-unsaturated/α-hetero) is 1. The monoisotopic (exact) mass is 998 g/mol. The fourth-order valence-electron chi connectivity index (χ4n) is 8.28. The van der Waals surface area contributed by atoms with Gasteiger partial charge in [-0.3, -0.25) is 38.9 Å². The molecule has 14 heteroatoms. The molecule has 0 bridgehead atoms. The minimum absolute atomic E-state index is 0.00930. The lowest BCUT2D eigenvalue weighted by Gasteiger charge is -2.29. The molecule has 0 aromatic heterocycles. The lowest BCUT2D eigenvalue weighted by Crippen LogP contribution is -2.59. The minimum Gasteiger partial charge on any atom is -0.480 e. The van der Waals surface area contributed by atoms with Crippen LogP contribution in [0.1, 0.15) is 61.4 Å². The van der Waals surface area contributed by atoms with Crippen molar-refractivity contribution in [2.45, 2.75) is 96.4 Å². The molecule has 7 N–H and O–H groups in total. The van der Waals surface area contributed by atoms with Crippen LogP contribution in [0.2, 0.25) is 0 Å². The summed E-state index contributed by atoms with van der Waals surface area (Å²) in [5, 5.41) is 26.9. The van der Waals surface area contributed by atoms with Crippen molar-refractivity contribution in [3.63, 3.8) is 0 Å². The average Bonchev–Trinajstić information content (AvgIpc) is 3.39. The molecule has 0 fully saturated rings. The first-order valence-corrected chi connectivity index (χ1v) is 24.9. The van der Waals surface area contributed by atoms with E-state index in [1.54, 1.807) is 74.5 Å². The second kappa shape index (κ2) is 27.0. The standard InChI is InChI=1S/C60H66N6O8/c1-40-25-32-48(33-26-40)63-54(68)38-60(3,4)59(74)66-49(34-29-42-17-9-5-10-18-42)55(69)64-51(36-45-27-30-47(31-28-45)46-23-15-8-16-24-46)57(71)65-50(35-43-19-11-6-12-20-43)56(70)62-41(2)53(67)39-61-52(58(72)73)37-44-21-13-7-14-22-44/h5-28,30-33,41,49-52,61H,29,34-39H2,1-4H3,(H,62,70)(H,63,68)(H,64,69)(H,65,71)(H,66,74)(H,72,73). The number of nitrogens with one attached hydrogen (secondary N) is 6. The number of carboxylic acid groups (broad SMARTS) is 1. The molecule has 0 saturated heterocycles. The van der Waals surface area contributed by atoms with Crippen molar-refractivity contribution in [3.05, 3.63) is 198 Å². The van der Waals surface area contributed by atoms with Gasteiger partial charge in [0, 0.05) is 24.9 Å². The van der Waals surface area contributed by atoms with E-state index in [2.05, 4.69) is 31.9 Å². The van der Waals surface area contributed by atoms with E-state index in [0.29, 0.717) is 23.2 Å². The Balaban J connectivity index is 1.23. The lowest BCUT2D eigenvalue weighted by molar-refractivity contribution is -0.139. The zero-order valence-electron chi connectivity index (χ0n) is 42.3. The van der Waals surface area contributed by atoms with Crippen molar-refractivity contribution in [3.8, 4) is 11.1 Å². The third kappa shape index (κ3) is 17.2. The molecule has 0 aliphatic heterocycles. The molecule has 5 atom stereocenters. The van der Waals surface area contributed by atoms with E-state index in [9.17, 15) is 38.7 Å². The molecule has 0 aliphatic rings. The SMILES string of the molecule is Cc1ccc(NC(=O)CC(C)(C)C(=O)NC(CCc2ccccc2)C(=O)NC(Cc2ccc(-c3ccccc3)cc2)C(=O)NC(Cc2ccccc2)C(=O)NC(C)C(=O)CNC(Cc2ccccc2)C(=O)O)cc1. The van der Waals surface area contributed by atoms with Gasteiger partial charge in [0.1, 0.15) is 24.2 Å². The van der Waals surface area contributed by atoms with E-state index in [0.717, 1.165) is 27.8 Å². The van der Waals surface area contributed by atoms with E-state index in [4.69, 9.17) is 0 Å². The van der Waals surface area contributed by atoms with Crippen LogP contribution in [-0.4, -0.2) is 83.1 Å². The second-order valence-corrected chi connectivity index (χ2v) is 19.3. The van der Waals surface area contributed by atoms with Crippen LogP contribution in [0.4, 0.5) is 5.69 Å². The summed E-state index contributed by atoms with van der Waals surface area (Å²) in [6.45, 7) is 6.32. The summed E-state index contributed by atoms with van der Waals surface area (Å²) in [6.07, 6.45) is 0.491. The maximum absolute atomic E-state index is 14.8. The number of carbonyl (C=O) groups excluding carboxylic acids is 6. The molecule has 0 saturated carbocycles. The van der Waals surface area contributed by atoms with Crippen LogP contribution >= 0.6 is 0 Å². The van der Waals surface area contributed by atoms with Crippen LogP contribution < -0.4 is 31.9 Å². The fourth-order valence-corrected chi connectivity index (χ4v) is 8.28. The van der Waals surface area contributed by atoms with E-state index in [1.807, 2.05) is 116 Å². The van der Waals surface area contributed by atoms with E-state index in [-0.39, 0.29) is 44.6 Å². The number of rotatable bonds is 26. The van der Waals surface area contributed by atoms with Gasteiger partial charge in [0.15, 0.2) is 5.78 Å². The van der Waals surface area contributed by atoms with Crippen LogP contribution in [0, 0.1) is 12.3 Å². The smallest absolute Gasteiger partial charge is 0.321 e. The number of ketones is 1. The first-order chi connectivity index (χ1) is 35.5. The Labute approximate surface area is 433 Å². The first kappa shape index (κ1) is 55.1. The number of hydrogen-bond acceptors (Lipinski definition) is 8. The van der Waals surface area contributed by atoms with Crippen molar-refractivity contribution in [1.82, 2.24) is 26.6 Å². The highest BCUT2D eigenvalue weighted by atomic mass is 16.4. The maximum atomic E-state index is 14.8. The predicted octanol–water partition coefficient (Wildman–Crippen LogP) is 6.95. The number of amides is 5. The third-order valence-electron chi connectivity index (χ3n) is 12.7. The van der Waals surface area contributed by atoms with Crippen LogP contribution in [0.15, 0.2) is 170 Å². The molecule has 0 spiro atoms. The highest BCUT2D eigenvalue weighted by Crippen LogP contribution is 2.24. The zero-order valence-corrected chi connectivity index (χ0v) is 42.3. The Morgan fingerprint density at radius 2 is 0.946 bits per heavy atom. The Bertz CT molecular complexity index is 2810. The number of aliphatic carboxylic acids is 1. The lowest BCUT2D eigenvalue weighted by atomic mass is 9.87. The summed E-state index contributed by atoms with van der Waals surface area (Å²) in [7, 11) is 0. The summed E-state index contributed by atoms with van der Waals surface area (Å²) in [6, 6.07) is 46.2. The number of hydrogen-bond donors (Lipinski definition) is 7. The largest absolute Gasteiger partial charge is 0.480 e. The normalized spacial score (nSPS) is 13.2. The van der Waals surface area contributed by atoms with Crippen molar-refractivity contribution >= 4 is 47.0 Å². The van der Waals surface area contributed by atoms with Crippen LogP contribution in [0.5, 0.6) is 0 Å². The molecule has 74 heavy (non-hydrogen) atoms.